The number of ether oxygens (including phenoxy) is 1. The maximum Gasteiger partial charge on any atom is 0.248 e. The van der Waals surface area contributed by atoms with Gasteiger partial charge in [-0.3, -0.25) is 4.79 Å². The number of para-hydroxylation sites is 1. The van der Waals surface area contributed by atoms with Crippen LogP contribution in [0.5, 0.6) is 5.75 Å². The molecule has 0 saturated heterocycles. The van der Waals surface area contributed by atoms with E-state index in [2.05, 4.69) is 10.4 Å². The molecule has 2 aromatic carbocycles. The van der Waals surface area contributed by atoms with Crippen molar-refractivity contribution in [3.63, 3.8) is 0 Å². The Bertz CT molecular complexity index is 1080. The van der Waals surface area contributed by atoms with E-state index in [-0.39, 0.29) is 5.91 Å². The number of carbonyl (C=O) groups is 1. The number of aromatic nitrogens is 2. The van der Waals surface area contributed by atoms with Gasteiger partial charge in [0.25, 0.3) is 0 Å². The number of methoxy groups -OCH3 is 1. The lowest BCUT2D eigenvalue weighted by atomic mass is 10.1. The number of carbonyl (C=O) groups excluding carboxylic acids is 1. The van der Waals surface area contributed by atoms with Gasteiger partial charge in [-0.2, -0.15) is 10.4 Å². The molecule has 1 amide bonds. The summed E-state index contributed by atoms with van der Waals surface area (Å²) in [7, 11) is 1.51. The minimum Gasteiger partial charge on any atom is -0.495 e. The van der Waals surface area contributed by atoms with Crippen molar-refractivity contribution in [1.29, 1.82) is 5.26 Å². The van der Waals surface area contributed by atoms with E-state index in [9.17, 15) is 4.79 Å². The molecule has 0 atom stereocenters. The summed E-state index contributed by atoms with van der Waals surface area (Å²) >= 11 is 0. The fraction of sp³-hybridized carbons (Fsp3) is 0.136. The second kappa shape index (κ2) is 8.23. The van der Waals surface area contributed by atoms with Crippen molar-refractivity contribution < 1.29 is 9.53 Å². The summed E-state index contributed by atoms with van der Waals surface area (Å²) in [6, 6.07) is 16.7. The predicted molar refractivity (Wildman–Crippen MR) is 108 cm³/mol. The number of hydrogen-bond acceptors (Lipinski definition) is 4. The standard InChI is InChI=1S/C22H20N4O2/c1-15-19(16(2)26(25-15)18-7-5-4-6-8-18)10-12-22(27)24-20-13-17(14-23)9-11-21(20)28-3/h4-13H,1-3H3,(H,24,27)/b12-10+. The smallest absolute Gasteiger partial charge is 0.248 e. The third-order valence-corrected chi connectivity index (χ3v) is 4.34. The molecule has 6 heteroatoms. The average molecular weight is 372 g/mol. The van der Waals surface area contributed by atoms with Crippen molar-refractivity contribution in [2.75, 3.05) is 12.4 Å². The van der Waals surface area contributed by atoms with Crippen molar-refractivity contribution >= 4 is 17.7 Å². The number of amides is 1. The largest absolute Gasteiger partial charge is 0.495 e. The van der Waals surface area contributed by atoms with Gasteiger partial charge in [0.2, 0.25) is 5.91 Å². The van der Waals surface area contributed by atoms with Crippen LogP contribution in [0.4, 0.5) is 5.69 Å². The van der Waals surface area contributed by atoms with E-state index in [1.54, 1.807) is 24.3 Å². The van der Waals surface area contributed by atoms with Gasteiger partial charge in [-0.05, 0) is 50.3 Å². The SMILES string of the molecule is COc1ccc(C#N)cc1NC(=O)/C=C/c1c(C)nn(-c2ccccc2)c1C. The second-order valence-electron chi connectivity index (χ2n) is 6.18. The van der Waals surface area contributed by atoms with Crippen molar-refractivity contribution in [2.45, 2.75) is 13.8 Å². The summed E-state index contributed by atoms with van der Waals surface area (Å²) in [5.74, 6) is 0.171. The van der Waals surface area contributed by atoms with Gasteiger partial charge in [0.05, 0.1) is 35.8 Å². The first-order valence-corrected chi connectivity index (χ1v) is 8.72. The molecule has 3 aromatic rings. The van der Waals surface area contributed by atoms with Crippen LogP contribution in [0.3, 0.4) is 0 Å². The molecule has 0 fully saturated rings. The summed E-state index contributed by atoms with van der Waals surface area (Å²) in [6.07, 6.45) is 3.19. The zero-order valence-electron chi connectivity index (χ0n) is 15.9. The van der Waals surface area contributed by atoms with Gasteiger partial charge < -0.3 is 10.1 Å². The van der Waals surface area contributed by atoms with Crippen LogP contribution in [0.1, 0.15) is 22.5 Å². The Balaban J connectivity index is 1.82. The number of nitriles is 1. The molecule has 6 nitrogen and oxygen atoms in total. The summed E-state index contributed by atoms with van der Waals surface area (Å²) < 4.78 is 7.09. The molecule has 0 bridgehead atoms. The molecule has 28 heavy (non-hydrogen) atoms. The zero-order chi connectivity index (χ0) is 20.1. The fourth-order valence-electron chi connectivity index (χ4n) is 2.93. The van der Waals surface area contributed by atoms with Gasteiger partial charge in [-0.1, -0.05) is 18.2 Å². The van der Waals surface area contributed by atoms with Gasteiger partial charge in [0, 0.05) is 17.3 Å². The van der Waals surface area contributed by atoms with Crippen molar-refractivity contribution in [3.8, 4) is 17.5 Å². The molecule has 0 spiro atoms. The van der Waals surface area contributed by atoms with Crippen molar-refractivity contribution in [2.24, 2.45) is 0 Å². The van der Waals surface area contributed by atoms with Gasteiger partial charge in [-0.25, -0.2) is 4.68 Å². The minimum absolute atomic E-state index is 0.320. The van der Waals surface area contributed by atoms with E-state index in [4.69, 9.17) is 10.00 Å². The number of nitrogens with one attached hydrogen (secondary N) is 1. The van der Waals surface area contributed by atoms with Crippen LogP contribution in [0.25, 0.3) is 11.8 Å². The quantitative estimate of drug-likeness (QED) is 0.686. The molecule has 0 radical (unpaired) electrons. The number of hydrogen-bond donors (Lipinski definition) is 1. The molecule has 0 aliphatic heterocycles. The van der Waals surface area contributed by atoms with E-state index >= 15 is 0 Å². The van der Waals surface area contributed by atoms with Gasteiger partial charge in [0.1, 0.15) is 5.75 Å². The number of rotatable bonds is 5. The molecule has 0 aliphatic rings. The van der Waals surface area contributed by atoms with Crippen LogP contribution in [-0.2, 0) is 4.79 Å². The van der Waals surface area contributed by atoms with Crippen LogP contribution in [0.2, 0.25) is 0 Å². The van der Waals surface area contributed by atoms with E-state index in [1.165, 1.54) is 13.2 Å². The van der Waals surface area contributed by atoms with Crippen LogP contribution < -0.4 is 10.1 Å². The number of aryl methyl sites for hydroxylation is 1. The highest BCUT2D eigenvalue weighted by atomic mass is 16.5. The topological polar surface area (TPSA) is 79.9 Å². The van der Waals surface area contributed by atoms with E-state index in [1.807, 2.05) is 54.9 Å². The number of nitrogens with zero attached hydrogens (tertiary/aromatic N) is 3. The third-order valence-electron chi connectivity index (χ3n) is 4.34. The van der Waals surface area contributed by atoms with Crippen LogP contribution in [0.15, 0.2) is 54.6 Å². The monoisotopic (exact) mass is 372 g/mol. The molecule has 1 N–H and O–H groups in total. The fourth-order valence-corrected chi connectivity index (χ4v) is 2.93. The van der Waals surface area contributed by atoms with Crippen LogP contribution in [0, 0.1) is 25.2 Å². The Morgan fingerprint density at radius 1 is 1.21 bits per heavy atom. The van der Waals surface area contributed by atoms with Gasteiger partial charge in [0.15, 0.2) is 0 Å². The van der Waals surface area contributed by atoms with Crippen molar-refractivity contribution in [3.05, 3.63) is 77.1 Å². The molecule has 1 heterocycles. The molecular formula is C22H20N4O2. The maximum atomic E-state index is 12.4. The van der Waals surface area contributed by atoms with Crippen molar-refractivity contribution in [1.82, 2.24) is 9.78 Å². The Kier molecular flexibility index (Phi) is 5.56. The first-order chi connectivity index (χ1) is 13.5. The first kappa shape index (κ1) is 18.9. The highest BCUT2D eigenvalue weighted by Crippen LogP contribution is 2.25. The van der Waals surface area contributed by atoms with E-state index < -0.39 is 0 Å². The molecule has 140 valence electrons. The molecular weight excluding hydrogens is 352 g/mol. The third kappa shape index (κ3) is 3.94. The minimum atomic E-state index is -0.320. The molecule has 0 saturated carbocycles. The highest BCUT2D eigenvalue weighted by molar-refractivity contribution is 6.03. The average Bonchev–Trinajstić information content (AvgIpc) is 3.00. The Morgan fingerprint density at radius 3 is 2.64 bits per heavy atom. The molecule has 0 unspecified atom stereocenters. The summed E-state index contributed by atoms with van der Waals surface area (Å²) in [5, 5.41) is 16.4. The summed E-state index contributed by atoms with van der Waals surface area (Å²) in [6.45, 7) is 3.87. The predicted octanol–water partition coefficient (Wildman–Crippen LogP) is 4.02. The lowest BCUT2D eigenvalue weighted by Crippen LogP contribution is -2.09. The lowest BCUT2D eigenvalue weighted by Gasteiger charge is -2.08. The highest BCUT2D eigenvalue weighted by Gasteiger charge is 2.11. The lowest BCUT2D eigenvalue weighted by molar-refractivity contribution is -0.111. The van der Waals surface area contributed by atoms with Gasteiger partial charge in [-0.15, -0.1) is 0 Å². The van der Waals surface area contributed by atoms with E-state index in [0.717, 1.165) is 22.6 Å². The number of anilines is 1. The van der Waals surface area contributed by atoms with Gasteiger partial charge >= 0.3 is 0 Å². The summed E-state index contributed by atoms with van der Waals surface area (Å²) in [5.41, 5.74) is 4.51. The molecule has 0 aliphatic carbocycles. The first-order valence-electron chi connectivity index (χ1n) is 8.72. The molecule has 3 rings (SSSR count). The second-order valence-corrected chi connectivity index (χ2v) is 6.18. The summed E-state index contributed by atoms with van der Waals surface area (Å²) in [4.78, 5) is 12.4. The Morgan fingerprint density at radius 2 is 1.96 bits per heavy atom. The number of benzene rings is 2. The Labute approximate surface area is 163 Å². The van der Waals surface area contributed by atoms with Crippen LogP contribution in [-0.4, -0.2) is 22.8 Å². The molecule has 1 aromatic heterocycles. The van der Waals surface area contributed by atoms with Crippen LogP contribution >= 0.6 is 0 Å². The Hall–Kier alpha value is -3.85. The zero-order valence-corrected chi connectivity index (χ0v) is 15.9. The normalized spacial score (nSPS) is 10.6. The van der Waals surface area contributed by atoms with E-state index in [0.29, 0.717) is 17.0 Å². The maximum absolute atomic E-state index is 12.4.